The molecule has 0 aliphatic rings. The van der Waals surface area contributed by atoms with Gasteiger partial charge in [0.1, 0.15) is 10.7 Å². The minimum atomic E-state index is -8.99. The van der Waals surface area contributed by atoms with Crippen molar-refractivity contribution in [2.75, 3.05) is 0 Å². The van der Waals surface area contributed by atoms with E-state index in [1.54, 1.807) is 0 Å². The van der Waals surface area contributed by atoms with E-state index in [-0.39, 0.29) is 18.9 Å². The second kappa shape index (κ2) is 6.35. The van der Waals surface area contributed by atoms with Crippen LogP contribution in [0, 0.1) is 5.82 Å². The van der Waals surface area contributed by atoms with Gasteiger partial charge in [0.2, 0.25) is 0 Å². The molecule has 0 radical (unpaired) electrons. The van der Waals surface area contributed by atoms with Crippen LogP contribution in [0.15, 0.2) is 29.2 Å². The molecule has 1 rings (SSSR count). The standard InChI is InChI=1S/C6H5FO3S.AsF5.Li.H/c7-5-3-1-2-4-6(5)11(8,9)10;2-1(3,4,5)6;;/h1-4H,(H,8,9,10);;;. The van der Waals surface area contributed by atoms with Crippen LogP contribution in [0.1, 0.15) is 0 Å². The van der Waals surface area contributed by atoms with Gasteiger partial charge in [0, 0.05) is 0 Å². The van der Waals surface area contributed by atoms with Crippen molar-refractivity contribution in [2.24, 2.45) is 0 Å². The summed E-state index contributed by atoms with van der Waals surface area (Å²) in [5.41, 5.74) is 0. The van der Waals surface area contributed by atoms with Crippen molar-refractivity contribution in [2.45, 2.75) is 4.90 Å². The van der Waals surface area contributed by atoms with Crippen molar-refractivity contribution in [1.82, 2.24) is 0 Å². The summed E-state index contributed by atoms with van der Waals surface area (Å²) in [6, 6.07) is 4.62. The zero-order chi connectivity index (χ0) is 13.9. The molecular weight excluding hydrogens is 348 g/mol. The first kappa shape index (κ1) is 20.2. The van der Waals surface area contributed by atoms with Gasteiger partial charge in [-0.25, -0.2) is 4.39 Å². The second-order valence-corrected chi connectivity index (χ2v) is 6.62. The maximum absolute atomic E-state index is 12.5. The summed E-state index contributed by atoms with van der Waals surface area (Å²) in [5, 5.41) is 0. The van der Waals surface area contributed by atoms with Crippen LogP contribution in [0.4, 0.5) is 21.7 Å². The Morgan fingerprint density at radius 3 is 1.56 bits per heavy atom. The van der Waals surface area contributed by atoms with Gasteiger partial charge in [0.15, 0.2) is 0 Å². The van der Waals surface area contributed by atoms with Crippen molar-refractivity contribution in [3.05, 3.63) is 30.1 Å². The van der Waals surface area contributed by atoms with Crippen molar-refractivity contribution in [1.29, 1.82) is 0 Å². The van der Waals surface area contributed by atoms with Gasteiger partial charge in [-0.1, -0.05) is 12.1 Å². The monoisotopic (exact) mass is 354 g/mol. The number of hydrogen-bond acceptors (Lipinski definition) is 2. The fourth-order valence-corrected chi connectivity index (χ4v) is 1.22. The van der Waals surface area contributed by atoms with E-state index in [1.165, 1.54) is 12.1 Å². The first-order valence-corrected chi connectivity index (χ1v) is 8.57. The summed E-state index contributed by atoms with van der Waals surface area (Å²) in [6.07, 6.45) is 0. The summed E-state index contributed by atoms with van der Waals surface area (Å²) in [7, 11) is -4.41. The van der Waals surface area contributed by atoms with Gasteiger partial charge < -0.3 is 0 Å². The number of rotatable bonds is 1. The molecule has 0 unspecified atom stereocenters. The average Bonchev–Trinajstić information content (AvgIpc) is 1.97. The predicted octanol–water partition coefficient (Wildman–Crippen LogP) is 2.14. The number of benzene rings is 1. The van der Waals surface area contributed by atoms with Gasteiger partial charge in [0.25, 0.3) is 10.1 Å². The van der Waals surface area contributed by atoms with E-state index in [4.69, 9.17) is 4.55 Å². The summed E-state index contributed by atoms with van der Waals surface area (Å²) in [6.45, 7) is 0. The van der Waals surface area contributed by atoms with Crippen molar-refractivity contribution in [3.63, 3.8) is 0 Å². The molecule has 0 bridgehead atoms. The number of hydrogen-bond donors (Lipinski definition) is 1. The fraction of sp³-hybridized carbons (Fsp3) is 0. The Hall–Kier alpha value is -0.134. The molecule has 0 aliphatic carbocycles. The minimum absolute atomic E-state index is 0. The van der Waals surface area contributed by atoms with E-state index in [1.807, 2.05) is 0 Å². The second-order valence-electron chi connectivity index (χ2n) is 2.54. The Bertz CT molecular complexity index is 483. The van der Waals surface area contributed by atoms with Crippen molar-refractivity contribution < 1.29 is 34.7 Å². The van der Waals surface area contributed by atoms with Crippen LogP contribution >= 0.6 is 0 Å². The Morgan fingerprint density at radius 2 is 1.33 bits per heavy atom. The van der Waals surface area contributed by atoms with Gasteiger partial charge >= 0.3 is 51.0 Å². The molecule has 0 aromatic heterocycles. The van der Waals surface area contributed by atoms with Crippen LogP contribution in [0.2, 0.25) is 0 Å². The zero-order valence-corrected chi connectivity index (χ0v) is 10.4. The summed E-state index contributed by atoms with van der Waals surface area (Å²) >= 11 is -8.99. The molecule has 0 heterocycles. The summed E-state index contributed by atoms with van der Waals surface area (Å²) in [4.78, 5) is -0.694. The van der Waals surface area contributed by atoms with Crippen molar-refractivity contribution in [3.8, 4) is 0 Å². The van der Waals surface area contributed by atoms with E-state index < -0.39 is 35.6 Å². The SMILES string of the molecule is F[As](F)(F)(F)F.O=S(=O)(O)c1ccccc1F.[LiH]. The Morgan fingerprint density at radius 1 is 1.00 bits per heavy atom. The molecule has 1 aromatic carbocycles. The third-order valence-corrected chi connectivity index (χ3v) is 2.00. The molecule has 1 aromatic rings. The molecule has 0 fully saturated rings. The third kappa shape index (κ3) is 12.3. The van der Waals surface area contributed by atoms with Gasteiger partial charge in [-0.3, -0.25) is 4.55 Å². The van der Waals surface area contributed by atoms with Gasteiger partial charge in [-0.15, -0.1) is 0 Å². The Balaban J connectivity index is 0. The van der Waals surface area contributed by atoms with Crippen molar-refractivity contribution >= 4 is 43.8 Å². The molecule has 0 amide bonds. The van der Waals surface area contributed by atoms with Crippen LogP contribution in [0.5, 0.6) is 0 Å². The van der Waals surface area contributed by atoms with E-state index in [0.29, 0.717) is 0 Å². The first-order valence-electron chi connectivity index (χ1n) is 3.58. The normalized spacial score (nSPS) is 13.4. The Labute approximate surface area is 113 Å². The third-order valence-electron chi connectivity index (χ3n) is 1.11. The first-order chi connectivity index (χ1) is 7.25. The molecule has 0 aliphatic heterocycles. The summed E-state index contributed by atoms with van der Waals surface area (Å²) in [5.74, 6) is -0.949. The molecule has 18 heavy (non-hydrogen) atoms. The molecule has 12 heteroatoms. The molecule has 1 N–H and O–H groups in total. The summed E-state index contributed by atoms with van der Waals surface area (Å²) < 4.78 is 91.1. The van der Waals surface area contributed by atoms with E-state index >= 15 is 0 Å². The van der Waals surface area contributed by atoms with Crippen LogP contribution in [0.3, 0.4) is 0 Å². The van der Waals surface area contributed by atoms with Crippen LogP contribution in [-0.4, -0.2) is 46.6 Å². The molecule has 0 spiro atoms. The average molecular weight is 354 g/mol. The number of halogens is 6. The zero-order valence-electron chi connectivity index (χ0n) is 7.70. The molecule has 0 saturated heterocycles. The van der Waals surface area contributed by atoms with Crippen LogP contribution < -0.4 is 0 Å². The maximum atomic E-state index is 12.5. The quantitative estimate of drug-likeness (QED) is 0.478. The van der Waals surface area contributed by atoms with E-state index in [0.717, 1.165) is 12.1 Å². The van der Waals surface area contributed by atoms with Crippen LogP contribution in [-0.2, 0) is 10.1 Å². The molecule has 0 saturated carbocycles. The van der Waals surface area contributed by atoms with Gasteiger partial charge in [-0.2, -0.15) is 8.42 Å². The predicted molar refractivity (Wildman–Crippen MR) is 54.7 cm³/mol. The molecule has 102 valence electrons. The molecule has 3 nitrogen and oxygen atoms in total. The molecular formula is C6H6AsF6LiO3S. The van der Waals surface area contributed by atoms with Crippen LogP contribution in [0.25, 0.3) is 0 Å². The van der Waals surface area contributed by atoms with Gasteiger partial charge in [-0.05, 0) is 12.1 Å². The van der Waals surface area contributed by atoms with E-state index in [2.05, 4.69) is 0 Å². The van der Waals surface area contributed by atoms with E-state index in [9.17, 15) is 30.1 Å². The topological polar surface area (TPSA) is 54.4 Å². The Kier molecular flexibility index (Phi) is 7.12. The van der Waals surface area contributed by atoms with Gasteiger partial charge in [0.05, 0.1) is 0 Å². The fourth-order valence-electron chi connectivity index (χ4n) is 0.654. The molecule has 0 atom stereocenters.